The Labute approximate surface area is 152 Å². The second-order valence-corrected chi connectivity index (χ2v) is 7.52. The third kappa shape index (κ3) is 4.23. The molecule has 4 nitrogen and oxygen atoms in total. The van der Waals surface area contributed by atoms with Crippen molar-refractivity contribution in [1.29, 1.82) is 0 Å². The molecule has 0 aliphatic carbocycles. The quantitative estimate of drug-likeness (QED) is 0.652. The van der Waals surface area contributed by atoms with Gasteiger partial charge in [-0.05, 0) is 36.6 Å². The molecule has 2 aromatic carbocycles. The first-order valence-electron chi connectivity index (χ1n) is 8.48. The first kappa shape index (κ1) is 17.5. The molecule has 0 fully saturated rings. The van der Waals surface area contributed by atoms with E-state index in [0.717, 1.165) is 33.2 Å². The lowest BCUT2D eigenvalue weighted by molar-refractivity contribution is -0.116. The van der Waals surface area contributed by atoms with Crippen molar-refractivity contribution in [3.63, 3.8) is 0 Å². The number of hydrogen-bond acceptors (Lipinski definition) is 3. The van der Waals surface area contributed by atoms with Crippen molar-refractivity contribution in [2.75, 3.05) is 11.1 Å². The highest BCUT2D eigenvalue weighted by atomic mass is 32.2. The van der Waals surface area contributed by atoms with Crippen LogP contribution < -0.4 is 5.32 Å². The number of nitrogens with one attached hydrogen (secondary N) is 1. The molecule has 3 rings (SSSR count). The number of amides is 1. The van der Waals surface area contributed by atoms with Gasteiger partial charge in [0.25, 0.3) is 0 Å². The van der Waals surface area contributed by atoms with Crippen molar-refractivity contribution in [2.24, 2.45) is 5.92 Å². The molecule has 130 valence electrons. The Bertz CT molecular complexity index is 886. The number of aryl methyl sites for hydroxylation is 1. The van der Waals surface area contributed by atoms with Gasteiger partial charge in [0.05, 0.1) is 11.0 Å². The van der Waals surface area contributed by atoms with E-state index in [-0.39, 0.29) is 12.5 Å². The maximum Gasteiger partial charge on any atom is 0.244 e. The molecule has 0 saturated carbocycles. The molecule has 5 heteroatoms. The molecule has 1 amide bonds. The molecule has 1 aromatic heterocycles. The number of para-hydroxylation sites is 3. The summed E-state index contributed by atoms with van der Waals surface area (Å²) in [6.45, 7) is 6.62. The molecule has 0 aliphatic heterocycles. The van der Waals surface area contributed by atoms with Gasteiger partial charge in [-0.2, -0.15) is 0 Å². The minimum Gasteiger partial charge on any atom is -0.324 e. The summed E-state index contributed by atoms with van der Waals surface area (Å²) in [6, 6.07) is 15.8. The Morgan fingerprint density at radius 3 is 2.64 bits per heavy atom. The Hall–Kier alpha value is -2.27. The molecule has 0 spiro atoms. The number of hydrogen-bond donors (Lipinski definition) is 1. The van der Waals surface area contributed by atoms with Gasteiger partial charge in [-0.25, -0.2) is 4.98 Å². The van der Waals surface area contributed by atoms with Gasteiger partial charge < -0.3 is 9.88 Å². The molecule has 3 aromatic rings. The van der Waals surface area contributed by atoms with Gasteiger partial charge in [0, 0.05) is 11.4 Å². The number of thioether (sulfide) groups is 1. The number of anilines is 1. The van der Waals surface area contributed by atoms with Crippen LogP contribution in [0.4, 0.5) is 5.69 Å². The molecule has 0 radical (unpaired) electrons. The van der Waals surface area contributed by atoms with Crippen LogP contribution in [0.25, 0.3) is 11.0 Å². The molecule has 0 bridgehead atoms. The van der Waals surface area contributed by atoms with Crippen molar-refractivity contribution >= 4 is 34.4 Å². The number of nitrogens with zero attached hydrogens (tertiary/aromatic N) is 2. The Balaban J connectivity index is 1.85. The summed E-state index contributed by atoms with van der Waals surface area (Å²) < 4.78 is 2.01. The highest BCUT2D eigenvalue weighted by Crippen LogP contribution is 2.25. The van der Waals surface area contributed by atoms with Gasteiger partial charge in [-0.1, -0.05) is 55.9 Å². The van der Waals surface area contributed by atoms with Gasteiger partial charge in [0.15, 0.2) is 5.16 Å². The lowest BCUT2D eigenvalue weighted by Crippen LogP contribution is -2.19. The van der Waals surface area contributed by atoms with Crippen LogP contribution in [0, 0.1) is 12.8 Å². The summed E-state index contributed by atoms with van der Waals surface area (Å²) in [5.74, 6) is 1.51. The van der Waals surface area contributed by atoms with E-state index in [1.165, 1.54) is 0 Å². The molecule has 1 N–H and O–H groups in total. The SMILES string of the molecule is Cc1ccccc1NC(=O)Cn1c(SCC(C)C)nc2ccccc21. The molecule has 0 atom stereocenters. The zero-order valence-electron chi connectivity index (χ0n) is 14.8. The van der Waals surface area contributed by atoms with E-state index in [4.69, 9.17) is 4.98 Å². The molecule has 1 heterocycles. The second kappa shape index (κ2) is 7.74. The van der Waals surface area contributed by atoms with Crippen LogP contribution in [-0.4, -0.2) is 21.2 Å². The highest BCUT2D eigenvalue weighted by Gasteiger charge is 2.15. The summed E-state index contributed by atoms with van der Waals surface area (Å²) in [4.78, 5) is 17.3. The Morgan fingerprint density at radius 2 is 1.88 bits per heavy atom. The van der Waals surface area contributed by atoms with Gasteiger partial charge >= 0.3 is 0 Å². The van der Waals surface area contributed by atoms with Crippen molar-refractivity contribution in [3.8, 4) is 0 Å². The number of aromatic nitrogens is 2. The smallest absolute Gasteiger partial charge is 0.244 e. The molecule has 25 heavy (non-hydrogen) atoms. The Kier molecular flexibility index (Phi) is 5.43. The van der Waals surface area contributed by atoms with Crippen LogP contribution in [0.2, 0.25) is 0 Å². The normalized spacial score (nSPS) is 11.2. The molecule has 0 saturated heterocycles. The minimum absolute atomic E-state index is 0.0381. The summed E-state index contributed by atoms with van der Waals surface area (Å²) in [7, 11) is 0. The number of fused-ring (bicyclic) bond motifs is 1. The fraction of sp³-hybridized carbons (Fsp3) is 0.300. The first-order chi connectivity index (χ1) is 12.0. The van der Waals surface area contributed by atoms with E-state index >= 15 is 0 Å². The summed E-state index contributed by atoms with van der Waals surface area (Å²) in [5.41, 5.74) is 3.83. The largest absolute Gasteiger partial charge is 0.324 e. The molecular formula is C20H23N3OS. The van der Waals surface area contributed by atoms with Crippen molar-refractivity contribution in [1.82, 2.24) is 9.55 Å². The number of benzene rings is 2. The average molecular weight is 353 g/mol. The van der Waals surface area contributed by atoms with Crippen LogP contribution in [0.3, 0.4) is 0 Å². The van der Waals surface area contributed by atoms with E-state index in [2.05, 4.69) is 19.2 Å². The van der Waals surface area contributed by atoms with Crippen LogP contribution >= 0.6 is 11.8 Å². The maximum absolute atomic E-state index is 12.6. The predicted octanol–water partition coefficient (Wildman–Crippen LogP) is 4.73. The van der Waals surface area contributed by atoms with Crippen LogP contribution in [-0.2, 0) is 11.3 Å². The van der Waals surface area contributed by atoms with Crippen LogP contribution in [0.1, 0.15) is 19.4 Å². The maximum atomic E-state index is 12.6. The van der Waals surface area contributed by atoms with E-state index in [0.29, 0.717) is 5.92 Å². The van der Waals surface area contributed by atoms with Crippen molar-refractivity contribution in [2.45, 2.75) is 32.5 Å². The van der Waals surface area contributed by atoms with Crippen LogP contribution in [0.15, 0.2) is 53.7 Å². The van der Waals surface area contributed by atoms with E-state index in [1.807, 2.05) is 60.0 Å². The van der Waals surface area contributed by atoms with Crippen LogP contribution in [0.5, 0.6) is 0 Å². The van der Waals surface area contributed by atoms with E-state index in [9.17, 15) is 4.79 Å². The zero-order valence-corrected chi connectivity index (χ0v) is 15.6. The summed E-state index contributed by atoms with van der Waals surface area (Å²) in [5, 5.41) is 3.91. The standard InChI is InChI=1S/C20H23N3OS/c1-14(2)13-25-20-22-17-10-6-7-11-18(17)23(20)12-19(24)21-16-9-5-4-8-15(16)3/h4-11,14H,12-13H2,1-3H3,(H,21,24). The van der Waals surface area contributed by atoms with Gasteiger partial charge in [0.1, 0.15) is 6.54 Å². The van der Waals surface area contributed by atoms with Gasteiger partial charge in [-0.3, -0.25) is 4.79 Å². The zero-order chi connectivity index (χ0) is 17.8. The fourth-order valence-electron chi connectivity index (χ4n) is 2.60. The minimum atomic E-state index is -0.0381. The van der Waals surface area contributed by atoms with Gasteiger partial charge in [-0.15, -0.1) is 0 Å². The van der Waals surface area contributed by atoms with E-state index in [1.54, 1.807) is 11.8 Å². The number of rotatable bonds is 6. The van der Waals surface area contributed by atoms with E-state index < -0.39 is 0 Å². The number of carbonyl (C=O) groups is 1. The molecule has 0 unspecified atom stereocenters. The molecule has 0 aliphatic rings. The fourth-order valence-corrected chi connectivity index (χ4v) is 3.57. The molecular weight excluding hydrogens is 330 g/mol. The average Bonchev–Trinajstić information content (AvgIpc) is 2.93. The summed E-state index contributed by atoms with van der Waals surface area (Å²) >= 11 is 1.70. The number of imidazole rings is 1. The second-order valence-electron chi connectivity index (χ2n) is 6.54. The van der Waals surface area contributed by atoms with Gasteiger partial charge in [0.2, 0.25) is 5.91 Å². The third-order valence-corrected chi connectivity index (χ3v) is 5.29. The Morgan fingerprint density at radius 1 is 1.16 bits per heavy atom. The number of carbonyl (C=O) groups excluding carboxylic acids is 1. The topological polar surface area (TPSA) is 46.9 Å². The first-order valence-corrected chi connectivity index (χ1v) is 9.46. The third-order valence-electron chi connectivity index (χ3n) is 3.89. The lowest BCUT2D eigenvalue weighted by Gasteiger charge is -2.11. The lowest BCUT2D eigenvalue weighted by atomic mass is 10.2. The predicted molar refractivity (Wildman–Crippen MR) is 105 cm³/mol. The van der Waals surface area contributed by atoms with Crippen molar-refractivity contribution < 1.29 is 4.79 Å². The summed E-state index contributed by atoms with van der Waals surface area (Å²) in [6.07, 6.45) is 0. The highest BCUT2D eigenvalue weighted by molar-refractivity contribution is 7.99. The monoisotopic (exact) mass is 353 g/mol. The van der Waals surface area contributed by atoms with Crippen molar-refractivity contribution in [3.05, 3.63) is 54.1 Å².